The minimum Gasteiger partial charge on any atom is -0.384 e. The van der Waals surface area contributed by atoms with E-state index >= 15 is 0 Å². The molecule has 0 bridgehead atoms. The van der Waals surface area contributed by atoms with Crippen LogP contribution in [0.1, 0.15) is 51.5 Å². The fourth-order valence-electron chi connectivity index (χ4n) is 2.88. The Morgan fingerprint density at radius 2 is 2.00 bits per heavy atom. The summed E-state index contributed by atoms with van der Waals surface area (Å²) in [5, 5.41) is 13.2. The third-order valence-electron chi connectivity index (χ3n) is 4.40. The maximum Gasteiger partial charge on any atom is 0.249 e. The molecule has 1 fully saturated rings. The van der Waals surface area contributed by atoms with Crippen molar-refractivity contribution in [2.75, 3.05) is 6.54 Å². The topological polar surface area (TPSA) is 58.6 Å². The molecule has 1 aromatic rings. The third kappa shape index (κ3) is 5.01. The number of rotatable bonds is 7. The van der Waals surface area contributed by atoms with E-state index in [1.807, 2.05) is 6.92 Å². The number of halogens is 1. The summed E-state index contributed by atoms with van der Waals surface area (Å²) < 4.78 is 18.8. The van der Waals surface area contributed by atoms with Crippen molar-refractivity contribution in [3.05, 3.63) is 35.6 Å². The Bertz CT molecular complexity index is 510. The van der Waals surface area contributed by atoms with Gasteiger partial charge in [0.1, 0.15) is 17.5 Å². The molecule has 0 spiro atoms. The van der Waals surface area contributed by atoms with Crippen LogP contribution in [0, 0.1) is 5.82 Å². The lowest BCUT2D eigenvalue weighted by Crippen LogP contribution is -2.44. The zero-order chi connectivity index (χ0) is 16.9. The van der Waals surface area contributed by atoms with Crippen LogP contribution >= 0.6 is 0 Å². The molecule has 1 amide bonds. The molecule has 23 heavy (non-hydrogen) atoms. The largest absolute Gasteiger partial charge is 0.384 e. The average Bonchev–Trinajstić information content (AvgIpc) is 3.04. The molecule has 128 valence electrons. The van der Waals surface area contributed by atoms with Gasteiger partial charge >= 0.3 is 0 Å². The third-order valence-corrected chi connectivity index (χ3v) is 4.40. The van der Waals surface area contributed by atoms with E-state index in [2.05, 4.69) is 5.32 Å². The van der Waals surface area contributed by atoms with Crippen molar-refractivity contribution in [1.82, 2.24) is 5.32 Å². The Labute approximate surface area is 137 Å². The first kappa shape index (κ1) is 17.9. The molecule has 5 heteroatoms. The normalized spacial score (nSPS) is 19.3. The van der Waals surface area contributed by atoms with Gasteiger partial charge in [-0.3, -0.25) is 4.79 Å². The van der Waals surface area contributed by atoms with Gasteiger partial charge in [-0.25, -0.2) is 4.39 Å². The monoisotopic (exact) mass is 323 g/mol. The molecule has 0 aromatic heterocycles. The molecule has 4 nitrogen and oxygen atoms in total. The van der Waals surface area contributed by atoms with E-state index in [9.17, 15) is 14.3 Å². The number of carbonyl (C=O) groups excluding carboxylic acids is 1. The summed E-state index contributed by atoms with van der Waals surface area (Å²) in [6.45, 7) is 3.57. The lowest BCUT2D eigenvalue weighted by Gasteiger charge is -2.26. The molecule has 2 unspecified atom stereocenters. The summed E-state index contributed by atoms with van der Waals surface area (Å²) in [7, 11) is 0. The van der Waals surface area contributed by atoms with Gasteiger partial charge in [-0.1, -0.05) is 31.9 Å². The summed E-state index contributed by atoms with van der Waals surface area (Å²) in [6, 6.07) is 5.63. The minimum absolute atomic E-state index is 0.0575. The summed E-state index contributed by atoms with van der Waals surface area (Å²) >= 11 is 0. The Kier molecular flexibility index (Phi) is 6.13. The van der Waals surface area contributed by atoms with Gasteiger partial charge in [-0.05, 0) is 43.9 Å². The lowest BCUT2D eigenvalue weighted by atomic mass is 9.96. The van der Waals surface area contributed by atoms with Gasteiger partial charge in [0.15, 0.2) is 0 Å². The molecule has 2 rings (SSSR count). The molecule has 1 aromatic carbocycles. The van der Waals surface area contributed by atoms with Crippen molar-refractivity contribution < 1.29 is 19.0 Å². The van der Waals surface area contributed by atoms with Crippen LogP contribution in [0.25, 0.3) is 0 Å². The summed E-state index contributed by atoms with van der Waals surface area (Å²) in [6.07, 6.45) is 4.62. The number of ether oxygens (including phenoxy) is 1. The molecule has 1 saturated carbocycles. The summed E-state index contributed by atoms with van der Waals surface area (Å²) in [5.41, 5.74) is -0.696. The Morgan fingerprint density at radius 1 is 1.39 bits per heavy atom. The van der Waals surface area contributed by atoms with Crippen molar-refractivity contribution >= 4 is 5.91 Å². The molecular formula is C18H26FNO3. The fourth-order valence-corrected chi connectivity index (χ4v) is 2.88. The van der Waals surface area contributed by atoms with Gasteiger partial charge in [-0.15, -0.1) is 0 Å². The van der Waals surface area contributed by atoms with Crippen LogP contribution in [0.15, 0.2) is 24.3 Å². The first-order valence-corrected chi connectivity index (χ1v) is 8.34. The number of benzene rings is 1. The van der Waals surface area contributed by atoms with Gasteiger partial charge in [0.05, 0.1) is 12.6 Å². The van der Waals surface area contributed by atoms with Crippen molar-refractivity contribution in [2.45, 2.75) is 63.8 Å². The van der Waals surface area contributed by atoms with Crippen LogP contribution in [-0.2, 0) is 15.1 Å². The van der Waals surface area contributed by atoms with Crippen LogP contribution in [-0.4, -0.2) is 29.8 Å². The van der Waals surface area contributed by atoms with Crippen molar-refractivity contribution in [3.63, 3.8) is 0 Å². The van der Waals surface area contributed by atoms with E-state index in [0.29, 0.717) is 12.0 Å². The van der Waals surface area contributed by atoms with E-state index in [4.69, 9.17) is 4.74 Å². The minimum atomic E-state index is -1.25. The van der Waals surface area contributed by atoms with Crippen LogP contribution in [0.2, 0.25) is 0 Å². The Morgan fingerprint density at radius 3 is 2.57 bits per heavy atom. The fraction of sp³-hybridized carbons (Fsp3) is 0.611. The molecule has 0 heterocycles. The molecular weight excluding hydrogens is 297 g/mol. The number of amides is 1. The standard InChI is InChI=1S/C18H26FNO3/c1-3-16(23-15-6-4-5-7-15)17(21)20-12-18(2,22)13-8-10-14(19)11-9-13/h8-11,15-16,22H,3-7,12H2,1-2H3,(H,20,21). The van der Waals surface area contributed by atoms with Crippen LogP contribution < -0.4 is 5.32 Å². The van der Waals surface area contributed by atoms with Crippen LogP contribution in [0.5, 0.6) is 0 Å². The smallest absolute Gasteiger partial charge is 0.249 e. The Hall–Kier alpha value is -1.46. The van der Waals surface area contributed by atoms with Gasteiger partial charge in [-0.2, -0.15) is 0 Å². The average molecular weight is 323 g/mol. The molecule has 0 radical (unpaired) electrons. The highest BCUT2D eigenvalue weighted by Crippen LogP contribution is 2.23. The zero-order valence-electron chi connectivity index (χ0n) is 13.8. The second-order valence-electron chi connectivity index (χ2n) is 6.44. The Balaban J connectivity index is 1.89. The highest BCUT2D eigenvalue weighted by molar-refractivity contribution is 5.80. The molecule has 0 aliphatic heterocycles. The zero-order valence-corrected chi connectivity index (χ0v) is 13.8. The molecule has 2 N–H and O–H groups in total. The van der Waals surface area contributed by atoms with Crippen LogP contribution in [0.4, 0.5) is 4.39 Å². The van der Waals surface area contributed by atoms with Gasteiger partial charge in [0, 0.05) is 0 Å². The highest BCUT2D eigenvalue weighted by Gasteiger charge is 2.28. The van der Waals surface area contributed by atoms with Crippen LogP contribution in [0.3, 0.4) is 0 Å². The van der Waals surface area contributed by atoms with E-state index in [1.165, 1.54) is 24.3 Å². The number of hydrogen-bond acceptors (Lipinski definition) is 3. The number of aliphatic hydroxyl groups is 1. The summed E-state index contributed by atoms with van der Waals surface area (Å²) in [5.74, 6) is -0.564. The first-order valence-electron chi connectivity index (χ1n) is 8.34. The van der Waals surface area contributed by atoms with Gasteiger partial charge in [0.2, 0.25) is 5.91 Å². The quantitative estimate of drug-likeness (QED) is 0.811. The van der Waals surface area contributed by atoms with Gasteiger partial charge in [0.25, 0.3) is 0 Å². The second kappa shape index (κ2) is 7.88. The highest BCUT2D eigenvalue weighted by atomic mass is 19.1. The molecule has 2 atom stereocenters. The number of carbonyl (C=O) groups is 1. The van der Waals surface area contributed by atoms with Crippen molar-refractivity contribution in [1.29, 1.82) is 0 Å². The van der Waals surface area contributed by atoms with Crippen molar-refractivity contribution in [2.24, 2.45) is 0 Å². The predicted molar refractivity (Wildman–Crippen MR) is 86.4 cm³/mol. The van der Waals surface area contributed by atoms with E-state index < -0.39 is 11.7 Å². The number of nitrogens with one attached hydrogen (secondary N) is 1. The van der Waals surface area contributed by atoms with E-state index in [1.54, 1.807) is 6.92 Å². The van der Waals surface area contributed by atoms with E-state index in [-0.39, 0.29) is 24.4 Å². The van der Waals surface area contributed by atoms with Crippen molar-refractivity contribution in [3.8, 4) is 0 Å². The predicted octanol–water partition coefficient (Wildman–Crippen LogP) is 2.89. The maximum absolute atomic E-state index is 13.0. The first-order chi connectivity index (χ1) is 10.9. The molecule has 1 aliphatic carbocycles. The lowest BCUT2D eigenvalue weighted by molar-refractivity contribution is -0.138. The molecule has 0 saturated heterocycles. The van der Waals surface area contributed by atoms with E-state index in [0.717, 1.165) is 25.7 Å². The SMILES string of the molecule is CCC(OC1CCCC1)C(=O)NCC(C)(O)c1ccc(F)cc1. The van der Waals surface area contributed by atoms with Gasteiger partial charge < -0.3 is 15.2 Å². The summed E-state index contributed by atoms with van der Waals surface area (Å²) in [4.78, 5) is 12.3. The maximum atomic E-state index is 13.0. The second-order valence-corrected chi connectivity index (χ2v) is 6.44. The molecule has 1 aliphatic rings. The number of hydrogen-bond donors (Lipinski definition) is 2.